The summed E-state index contributed by atoms with van der Waals surface area (Å²) in [6.45, 7) is 2.75. The number of methoxy groups -OCH3 is 1. The molecule has 0 radical (unpaired) electrons. The summed E-state index contributed by atoms with van der Waals surface area (Å²) in [5, 5.41) is 10.8. The highest BCUT2D eigenvalue weighted by molar-refractivity contribution is 5.74. The smallest absolute Gasteiger partial charge is 0.317 e. The second-order valence-corrected chi connectivity index (χ2v) is 6.76. The van der Waals surface area contributed by atoms with E-state index in [1.54, 1.807) is 13.4 Å². The van der Waals surface area contributed by atoms with Crippen molar-refractivity contribution in [3.05, 3.63) is 36.4 Å². The number of amides is 2. The monoisotopic (exact) mass is 373 g/mol. The van der Waals surface area contributed by atoms with Gasteiger partial charge in [0.05, 0.1) is 13.7 Å². The second-order valence-electron chi connectivity index (χ2n) is 6.76. The Labute approximate surface area is 159 Å². The number of aryl methyl sites for hydroxylation is 1. The van der Waals surface area contributed by atoms with Gasteiger partial charge in [0.25, 0.3) is 0 Å². The number of rotatable bonds is 7. The standard InChI is InChI=1S/C19H27N5O3/c1-23-14-21-22-18(23)7-10-20-19(25)24-11-8-15(9-12-24)13-27-17-5-3-16(26-2)4-6-17/h3-6,14-15H,7-13H2,1-2H3,(H,20,25). The maximum atomic E-state index is 12.3. The first kappa shape index (κ1) is 19.0. The summed E-state index contributed by atoms with van der Waals surface area (Å²) in [6.07, 6.45) is 4.24. The SMILES string of the molecule is COc1ccc(OCC2CCN(C(=O)NCCc3nncn3C)CC2)cc1. The highest BCUT2D eigenvalue weighted by atomic mass is 16.5. The molecule has 0 atom stereocenters. The molecule has 27 heavy (non-hydrogen) atoms. The van der Waals surface area contributed by atoms with E-state index >= 15 is 0 Å². The van der Waals surface area contributed by atoms with Crippen molar-refractivity contribution in [1.29, 1.82) is 0 Å². The highest BCUT2D eigenvalue weighted by Gasteiger charge is 2.23. The van der Waals surface area contributed by atoms with Gasteiger partial charge in [-0.25, -0.2) is 4.79 Å². The van der Waals surface area contributed by atoms with Crippen LogP contribution in [0.2, 0.25) is 0 Å². The van der Waals surface area contributed by atoms with Crippen molar-refractivity contribution in [3.8, 4) is 11.5 Å². The van der Waals surface area contributed by atoms with Gasteiger partial charge in [-0.15, -0.1) is 10.2 Å². The van der Waals surface area contributed by atoms with Gasteiger partial charge in [-0.05, 0) is 43.0 Å². The minimum atomic E-state index is -0.00769. The zero-order chi connectivity index (χ0) is 19.1. The predicted octanol–water partition coefficient (Wildman–Crippen LogP) is 1.87. The van der Waals surface area contributed by atoms with Crippen LogP contribution in [-0.2, 0) is 13.5 Å². The molecule has 2 amide bonds. The molecule has 1 aromatic carbocycles. The molecule has 0 aliphatic carbocycles. The number of nitrogens with one attached hydrogen (secondary N) is 1. The number of ether oxygens (including phenoxy) is 2. The topological polar surface area (TPSA) is 81.5 Å². The Morgan fingerprint density at radius 1 is 1.22 bits per heavy atom. The Balaban J connectivity index is 1.34. The van der Waals surface area contributed by atoms with E-state index in [9.17, 15) is 4.79 Å². The Bertz CT molecular complexity index is 723. The first-order chi connectivity index (χ1) is 13.2. The molecule has 1 fully saturated rings. The van der Waals surface area contributed by atoms with Crippen molar-refractivity contribution in [1.82, 2.24) is 25.0 Å². The van der Waals surface area contributed by atoms with E-state index in [0.717, 1.165) is 43.3 Å². The number of hydrogen-bond donors (Lipinski definition) is 1. The van der Waals surface area contributed by atoms with Gasteiger partial charge in [-0.2, -0.15) is 0 Å². The summed E-state index contributed by atoms with van der Waals surface area (Å²) < 4.78 is 12.9. The molecular weight excluding hydrogens is 346 g/mol. The summed E-state index contributed by atoms with van der Waals surface area (Å²) in [5.74, 6) is 3.00. The van der Waals surface area contributed by atoms with E-state index in [1.807, 2.05) is 40.8 Å². The number of nitrogens with zero attached hydrogens (tertiary/aromatic N) is 4. The molecule has 1 aromatic heterocycles. The molecule has 1 N–H and O–H groups in total. The van der Waals surface area contributed by atoms with Crippen LogP contribution in [0.25, 0.3) is 0 Å². The van der Waals surface area contributed by atoms with Crippen molar-refractivity contribution in [2.24, 2.45) is 13.0 Å². The Kier molecular flexibility index (Phi) is 6.51. The predicted molar refractivity (Wildman–Crippen MR) is 101 cm³/mol. The fraction of sp³-hybridized carbons (Fsp3) is 0.526. The molecule has 3 rings (SSSR count). The van der Waals surface area contributed by atoms with Crippen LogP contribution in [0, 0.1) is 5.92 Å². The van der Waals surface area contributed by atoms with E-state index in [0.29, 0.717) is 25.5 Å². The number of carbonyl (C=O) groups is 1. The lowest BCUT2D eigenvalue weighted by Gasteiger charge is -2.31. The van der Waals surface area contributed by atoms with Crippen LogP contribution in [-0.4, -0.2) is 59.0 Å². The second kappa shape index (κ2) is 9.25. The van der Waals surface area contributed by atoms with Crippen LogP contribution in [0.15, 0.2) is 30.6 Å². The van der Waals surface area contributed by atoms with Gasteiger partial charge in [0, 0.05) is 33.1 Å². The number of benzene rings is 1. The zero-order valence-corrected chi connectivity index (χ0v) is 15.9. The summed E-state index contributed by atoms with van der Waals surface area (Å²) >= 11 is 0. The molecule has 1 aliphatic rings. The summed E-state index contributed by atoms with van der Waals surface area (Å²) in [7, 11) is 3.55. The third kappa shape index (κ3) is 5.35. The van der Waals surface area contributed by atoms with Crippen molar-refractivity contribution >= 4 is 6.03 Å². The molecule has 0 spiro atoms. The maximum Gasteiger partial charge on any atom is 0.317 e. The first-order valence-electron chi connectivity index (χ1n) is 9.28. The van der Waals surface area contributed by atoms with Gasteiger partial charge in [-0.3, -0.25) is 0 Å². The number of carbonyl (C=O) groups excluding carboxylic acids is 1. The van der Waals surface area contributed by atoms with Crippen LogP contribution in [0.4, 0.5) is 4.79 Å². The van der Waals surface area contributed by atoms with Crippen LogP contribution >= 0.6 is 0 Å². The Hall–Kier alpha value is -2.77. The lowest BCUT2D eigenvalue weighted by atomic mass is 9.98. The molecule has 1 aliphatic heterocycles. The zero-order valence-electron chi connectivity index (χ0n) is 15.9. The molecule has 1 saturated heterocycles. The third-order valence-electron chi connectivity index (χ3n) is 4.88. The molecular formula is C19H27N5O3. The van der Waals surface area contributed by atoms with Crippen molar-refractivity contribution in [3.63, 3.8) is 0 Å². The fourth-order valence-electron chi connectivity index (χ4n) is 3.12. The van der Waals surface area contributed by atoms with E-state index in [-0.39, 0.29) is 6.03 Å². The van der Waals surface area contributed by atoms with Gasteiger partial charge in [-0.1, -0.05) is 0 Å². The molecule has 0 unspecified atom stereocenters. The van der Waals surface area contributed by atoms with Crippen molar-refractivity contribution < 1.29 is 14.3 Å². The average Bonchev–Trinajstić information content (AvgIpc) is 3.12. The van der Waals surface area contributed by atoms with Crippen LogP contribution in [0.3, 0.4) is 0 Å². The van der Waals surface area contributed by atoms with E-state index in [1.165, 1.54) is 0 Å². The normalized spacial score (nSPS) is 14.8. The molecule has 8 heteroatoms. The summed E-state index contributed by atoms with van der Waals surface area (Å²) in [6, 6.07) is 7.61. The van der Waals surface area contributed by atoms with Crippen LogP contribution < -0.4 is 14.8 Å². The molecule has 8 nitrogen and oxygen atoms in total. The molecule has 2 aromatic rings. The van der Waals surface area contributed by atoms with E-state index in [4.69, 9.17) is 9.47 Å². The Morgan fingerprint density at radius 2 is 1.93 bits per heavy atom. The fourth-order valence-corrected chi connectivity index (χ4v) is 3.12. The lowest BCUT2D eigenvalue weighted by molar-refractivity contribution is 0.145. The van der Waals surface area contributed by atoms with Crippen molar-refractivity contribution in [2.45, 2.75) is 19.3 Å². The minimum Gasteiger partial charge on any atom is -0.497 e. The van der Waals surface area contributed by atoms with Crippen LogP contribution in [0.5, 0.6) is 11.5 Å². The van der Waals surface area contributed by atoms with Gasteiger partial charge in [0.1, 0.15) is 23.7 Å². The molecule has 2 heterocycles. The van der Waals surface area contributed by atoms with Gasteiger partial charge in [0.15, 0.2) is 0 Å². The highest BCUT2D eigenvalue weighted by Crippen LogP contribution is 2.21. The number of urea groups is 1. The van der Waals surface area contributed by atoms with Gasteiger partial charge >= 0.3 is 6.03 Å². The Morgan fingerprint density at radius 3 is 2.56 bits per heavy atom. The van der Waals surface area contributed by atoms with Crippen LogP contribution in [0.1, 0.15) is 18.7 Å². The van der Waals surface area contributed by atoms with Gasteiger partial charge in [0.2, 0.25) is 0 Å². The summed E-state index contributed by atoms with van der Waals surface area (Å²) in [4.78, 5) is 14.2. The van der Waals surface area contributed by atoms with E-state index < -0.39 is 0 Å². The number of piperidine rings is 1. The molecule has 0 saturated carbocycles. The first-order valence-corrected chi connectivity index (χ1v) is 9.28. The van der Waals surface area contributed by atoms with E-state index in [2.05, 4.69) is 15.5 Å². The number of aromatic nitrogens is 3. The third-order valence-corrected chi connectivity index (χ3v) is 4.88. The average molecular weight is 373 g/mol. The number of likely N-dealkylation sites (tertiary alicyclic amines) is 1. The molecule has 146 valence electrons. The maximum absolute atomic E-state index is 12.3. The number of hydrogen-bond acceptors (Lipinski definition) is 5. The lowest BCUT2D eigenvalue weighted by Crippen LogP contribution is -2.45. The minimum absolute atomic E-state index is 0.00769. The summed E-state index contributed by atoms with van der Waals surface area (Å²) in [5.41, 5.74) is 0. The molecule has 0 bridgehead atoms. The van der Waals surface area contributed by atoms with Gasteiger partial charge < -0.3 is 24.3 Å². The quantitative estimate of drug-likeness (QED) is 0.801. The largest absolute Gasteiger partial charge is 0.497 e. The van der Waals surface area contributed by atoms with Crippen molar-refractivity contribution in [2.75, 3.05) is 33.4 Å².